The molecule has 0 aliphatic heterocycles. The number of ether oxygens (including phenoxy) is 1. The monoisotopic (exact) mass is 324 g/mol. The Morgan fingerprint density at radius 3 is 2.84 bits per heavy atom. The number of hydrogen-bond donors (Lipinski definition) is 1. The first-order valence-electron chi connectivity index (χ1n) is 6.25. The first kappa shape index (κ1) is 16.0. The lowest BCUT2D eigenvalue weighted by Crippen LogP contribution is -2.35. The number of likely N-dealkylation sites (N-methyl/N-ethyl adjacent to an activating group) is 1. The first-order chi connectivity index (χ1) is 9.02. The van der Waals surface area contributed by atoms with E-state index in [2.05, 4.69) is 59.2 Å². The molecule has 3 nitrogen and oxygen atoms in total. The predicted molar refractivity (Wildman–Crippen MR) is 83.3 cm³/mol. The van der Waals surface area contributed by atoms with Crippen molar-refractivity contribution in [3.8, 4) is 18.1 Å². The summed E-state index contributed by atoms with van der Waals surface area (Å²) >= 11 is 3.48. The van der Waals surface area contributed by atoms with Crippen LogP contribution >= 0.6 is 15.9 Å². The standard InChI is InChI=1S/C15H21BrN2O/c1-5-8-19-15-7-6-14(16)9-13(15)10-17-12(2)11-18(3)4/h1,6-7,9,12,17H,8,10-11H2,2-4H3. The average Bonchev–Trinajstić information content (AvgIpc) is 2.34. The SMILES string of the molecule is C#CCOc1ccc(Br)cc1CNC(C)CN(C)C. The van der Waals surface area contributed by atoms with Crippen molar-refractivity contribution in [2.75, 3.05) is 27.2 Å². The van der Waals surface area contributed by atoms with Gasteiger partial charge in [0.15, 0.2) is 0 Å². The molecular formula is C15H21BrN2O. The van der Waals surface area contributed by atoms with Gasteiger partial charge in [0.25, 0.3) is 0 Å². The van der Waals surface area contributed by atoms with Crippen molar-refractivity contribution in [3.05, 3.63) is 28.2 Å². The van der Waals surface area contributed by atoms with Crippen molar-refractivity contribution in [2.45, 2.75) is 19.5 Å². The Balaban J connectivity index is 2.65. The lowest BCUT2D eigenvalue weighted by molar-refractivity contribution is 0.342. The Labute approximate surface area is 124 Å². The van der Waals surface area contributed by atoms with Crippen molar-refractivity contribution in [1.29, 1.82) is 0 Å². The van der Waals surface area contributed by atoms with Gasteiger partial charge in [0.05, 0.1) is 0 Å². The van der Waals surface area contributed by atoms with Gasteiger partial charge in [-0.05, 0) is 39.2 Å². The molecule has 1 unspecified atom stereocenters. The smallest absolute Gasteiger partial charge is 0.148 e. The molecule has 0 spiro atoms. The van der Waals surface area contributed by atoms with E-state index in [-0.39, 0.29) is 0 Å². The van der Waals surface area contributed by atoms with Gasteiger partial charge in [-0.1, -0.05) is 21.9 Å². The zero-order valence-electron chi connectivity index (χ0n) is 11.7. The summed E-state index contributed by atoms with van der Waals surface area (Å²) in [5, 5.41) is 3.48. The fourth-order valence-corrected chi connectivity index (χ4v) is 2.25. The highest BCUT2D eigenvalue weighted by Gasteiger charge is 2.07. The molecule has 104 valence electrons. The van der Waals surface area contributed by atoms with Crippen molar-refractivity contribution < 1.29 is 4.74 Å². The minimum absolute atomic E-state index is 0.294. The molecule has 0 saturated carbocycles. The van der Waals surface area contributed by atoms with Crippen LogP contribution in [0, 0.1) is 12.3 Å². The van der Waals surface area contributed by atoms with Crippen LogP contribution in [0.25, 0.3) is 0 Å². The highest BCUT2D eigenvalue weighted by molar-refractivity contribution is 9.10. The lowest BCUT2D eigenvalue weighted by Gasteiger charge is -2.19. The molecule has 1 rings (SSSR count). The fourth-order valence-electron chi connectivity index (χ4n) is 1.84. The van der Waals surface area contributed by atoms with Crippen LogP contribution in [0.15, 0.2) is 22.7 Å². The van der Waals surface area contributed by atoms with Gasteiger partial charge >= 0.3 is 0 Å². The van der Waals surface area contributed by atoms with E-state index in [1.165, 1.54) is 0 Å². The molecule has 1 N–H and O–H groups in total. The van der Waals surface area contributed by atoms with E-state index < -0.39 is 0 Å². The molecule has 0 aliphatic carbocycles. The maximum absolute atomic E-state index is 5.55. The Morgan fingerprint density at radius 2 is 2.21 bits per heavy atom. The third-order valence-electron chi connectivity index (χ3n) is 2.61. The van der Waals surface area contributed by atoms with Gasteiger partial charge in [0, 0.05) is 29.2 Å². The number of hydrogen-bond acceptors (Lipinski definition) is 3. The van der Waals surface area contributed by atoms with E-state index in [0.29, 0.717) is 12.6 Å². The van der Waals surface area contributed by atoms with Crippen molar-refractivity contribution in [2.24, 2.45) is 0 Å². The van der Waals surface area contributed by atoms with E-state index in [4.69, 9.17) is 11.2 Å². The summed E-state index contributed by atoms with van der Waals surface area (Å²) in [5.74, 6) is 3.33. The van der Waals surface area contributed by atoms with Crippen LogP contribution in [0.5, 0.6) is 5.75 Å². The maximum atomic E-state index is 5.55. The summed E-state index contributed by atoms with van der Waals surface area (Å²) in [4.78, 5) is 2.16. The molecule has 0 bridgehead atoms. The van der Waals surface area contributed by atoms with E-state index >= 15 is 0 Å². The average molecular weight is 325 g/mol. The molecule has 1 aromatic carbocycles. The van der Waals surface area contributed by atoms with Crippen molar-refractivity contribution in [3.63, 3.8) is 0 Å². The van der Waals surface area contributed by atoms with Crippen LogP contribution in [0.3, 0.4) is 0 Å². The number of nitrogens with one attached hydrogen (secondary N) is 1. The molecule has 19 heavy (non-hydrogen) atoms. The molecule has 0 amide bonds. The van der Waals surface area contributed by atoms with Gasteiger partial charge < -0.3 is 15.0 Å². The summed E-state index contributed by atoms with van der Waals surface area (Å²) in [7, 11) is 4.14. The summed E-state index contributed by atoms with van der Waals surface area (Å²) < 4.78 is 6.59. The van der Waals surface area contributed by atoms with Gasteiger partial charge in [-0.25, -0.2) is 0 Å². The molecule has 4 heteroatoms. The Kier molecular flexibility index (Phi) is 6.93. The maximum Gasteiger partial charge on any atom is 0.148 e. The van der Waals surface area contributed by atoms with Crippen LogP contribution < -0.4 is 10.1 Å². The quantitative estimate of drug-likeness (QED) is 0.780. The summed E-state index contributed by atoms with van der Waals surface area (Å²) in [6, 6.07) is 6.36. The second-order valence-corrected chi connectivity index (χ2v) is 5.70. The van der Waals surface area contributed by atoms with Gasteiger partial charge in [-0.3, -0.25) is 0 Å². The van der Waals surface area contributed by atoms with Crippen LogP contribution in [0.4, 0.5) is 0 Å². The molecular weight excluding hydrogens is 304 g/mol. The molecule has 0 fully saturated rings. The lowest BCUT2D eigenvalue weighted by atomic mass is 10.2. The predicted octanol–water partition coefficient (Wildman–Crippen LogP) is 2.50. The third kappa shape index (κ3) is 6.11. The van der Waals surface area contributed by atoms with E-state index in [9.17, 15) is 0 Å². The topological polar surface area (TPSA) is 24.5 Å². The summed E-state index contributed by atoms with van der Waals surface area (Å²) in [6.07, 6.45) is 5.23. The highest BCUT2D eigenvalue weighted by atomic mass is 79.9. The first-order valence-corrected chi connectivity index (χ1v) is 7.05. The number of rotatable bonds is 7. The molecule has 0 aliphatic rings. The third-order valence-corrected chi connectivity index (χ3v) is 3.11. The number of terminal acetylenes is 1. The largest absolute Gasteiger partial charge is 0.481 e. The number of halogens is 1. The Hall–Kier alpha value is -1.02. The van der Waals surface area contributed by atoms with Crippen LogP contribution in [0.1, 0.15) is 12.5 Å². The number of nitrogens with zero attached hydrogens (tertiary/aromatic N) is 1. The normalized spacial score (nSPS) is 12.2. The van der Waals surface area contributed by atoms with Gasteiger partial charge in [0.1, 0.15) is 12.4 Å². The van der Waals surface area contributed by atoms with Gasteiger partial charge in [-0.15, -0.1) is 6.42 Å². The van der Waals surface area contributed by atoms with E-state index in [0.717, 1.165) is 28.9 Å². The van der Waals surface area contributed by atoms with Crippen molar-refractivity contribution in [1.82, 2.24) is 10.2 Å². The van der Waals surface area contributed by atoms with Crippen molar-refractivity contribution >= 4 is 15.9 Å². The van der Waals surface area contributed by atoms with E-state index in [1.807, 2.05) is 12.1 Å². The van der Waals surface area contributed by atoms with Crippen LogP contribution in [-0.4, -0.2) is 38.2 Å². The molecule has 0 heterocycles. The Bertz CT molecular complexity index is 440. The number of benzene rings is 1. The van der Waals surface area contributed by atoms with Crippen LogP contribution in [-0.2, 0) is 6.54 Å². The van der Waals surface area contributed by atoms with Crippen LogP contribution in [0.2, 0.25) is 0 Å². The van der Waals surface area contributed by atoms with E-state index in [1.54, 1.807) is 0 Å². The zero-order valence-corrected chi connectivity index (χ0v) is 13.3. The second-order valence-electron chi connectivity index (χ2n) is 4.79. The summed E-state index contributed by atoms with van der Waals surface area (Å²) in [5.41, 5.74) is 1.11. The molecule has 0 aromatic heterocycles. The second kappa shape index (κ2) is 8.21. The zero-order chi connectivity index (χ0) is 14.3. The fraction of sp³-hybridized carbons (Fsp3) is 0.467. The van der Waals surface area contributed by atoms with Gasteiger partial charge in [0.2, 0.25) is 0 Å². The Morgan fingerprint density at radius 1 is 1.47 bits per heavy atom. The minimum atomic E-state index is 0.294. The molecule has 0 radical (unpaired) electrons. The van der Waals surface area contributed by atoms with Gasteiger partial charge in [-0.2, -0.15) is 0 Å². The minimum Gasteiger partial charge on any atom is -0.481 e. The summed E-state index contributed by atoms with van der Waals surface area (Å²) in [6.45, 7) is 4.21. The highest BCUT2D eigenvalue weighted by Crippen LogP contribution is 2.23. The molecule has 1 aromatic rings. The molecule has 1 atom stereocenters. The molecule has 0 saturated heterocycles.